The molecule has 88 valence electrons. The Morgan fingerprint density at radius 1 is 1.47 bits per heavy atom. The van der Waals surface area contributed by atoms with Crippen molar-refractivity contribution in [1.29, 1.82) is 0 Å². The lowest BCUT2D eigenvalue weighted by atomic mass is 10.2. The van der Waals surface area contributed by atoms with Gasteiger partial charge in [-0.2, -0.15) is 0 Å². The predicted octanol–water partition coefficient (Wildman–Crippen LogP) is 0.136. The summed E-state index contributed by atoms with van der Waals surface area (Å²) < 4.78 is 5.45. The van der Waals surface area contributed by atoms with Crippen LogP contribution in [0.3, 0.4) is 0 Å². The summed E-state index contributed by atoms with van der Waals surface area (Å²) >= 11 is 4.92. The van der Waals surface area contributed by atoms with Gasteiger partial charge in [-0.25, -0.2) is 0 Å². The Labute approximate surface area is 96.4 Å². The molecule has 0 aromatic heterocycles. The third-order valence-electron chi connectivity index (χ3n) is 2.60. The van der Waals surface area contributed by atoms with Crippen molar-refractivity contribution in [2.45, 2.75) is 25.4 Å². The lowest BCUT2D eigenvalue weighted by Crippen LogP contribution is -2.47. The van der Waals surface area contributed by atoms with E-state index in [1.54, 1.807) is 0 Å². The van der Waals surface area contributed by atoms with E-state index in [-0.39, 0.29) is 6.10 Å². The fourth-order valence-electron chi connectivity index (χ4n) is 1.70. The summed E-state index contributed by atoms with van der Waals surface area (Å²) in [4.78, 5) is 2.78. The topological polar surface area (TPSA) is 58.7 Å². The van der Waals surface area contributed by atoms with E-state index >= 15 is 0 Å². The second-order valence-corrected chi connectivity index (χ2v) is 4.32. The van der Waals surface area contributed by atoms with Gasteiger partial charge in [0.25, 0.3) is 0 Å². The van der Waals surface area contributed by atoms with Gasteiger partial charge in [-0.15, -0.1) is 0 Å². The fourth-order valence-corrected chi connectivity index (χ4v) is 1.84. The first kappa shape index (κ1) is 12.8. The van der Waals surface area contributed by atoms with Crippen molar-refractivity contribution in [2.24, 2.45) is 5.73 Å². The maximum absolute atomic E-state index is 8.65. The van der Waals surface area contributed by atoms with E-state index in [9.17, 15) is 0 Å². The highest BCUT2D eigenvalue weighted by Gasteiger charge is 2.21. The molecule has 1 saturated heterocycles. The van der Waals surface area contributed by atoms with Gasteiger partial charge in [0.15, 0.2) is 0 Å². The smallest absolute Gasteiger partial charge is 0.120 e. The number of aliphatic hydroxyl groups is 1. The molecule has 1 aliphatic heterocycles. The summed E-state index contributed by atoms with van der Waals surface area (Å²) in [7, 11) is 0. The molecule has 1 heterocycles. The molecule has 1 fully saturated rings. The van der Waals surface area contributed by atoms with Crippen molar-refractivity contribution in [3.63, 3.8) is 0 Å². The Morgan fingerprint density at radius 3 is 2.93 bits per heavy atom. The number of ether oxygens (including phenoxy) is 1. The second-order valence-electron chi connectivity index (χ2n) is 3.85. The summed E-state index contributed by atoms with van der Waals surface area (Å²) in [6.07, 6.45) is 3.01. The number of hydrogen-bond donors (Lipinski definition) is 2. The number of aliphatic hydroxyl groups excluding tert-OH is 1. The number of nitrogens with two attached hydrogens (primary N) is 1. The molecule has 0 amide bonds. The largest absolute Gasteiger partial charge is 0.396 e. The van der Waals surface area contributed by atoms with Crippen LogP contribution >= 0.6 is 12.2 Å². The highest BCUT2D eigenvalue weighted by atomic mass is 32.1. The van der Waals surface area contributed by atoms with Gasteiger partial charge in [-0.1, -0.05) is 12.2 Å². The summed E-state index contributed by atoms with van der Waals surface area (Å²) in [5, 5.41) is 8.65. The number of morpholine rings is 1. The molecule has 0 spiro atoms. The molecule has 0 saturated carbocycles. The van der Waals surface area contributed by atoms with Gasteiger partial charge in [0.2, 0.25) is 0 Å². The third kappa shape index (κ3) is 4.88. The fraction of sp³-hybridized carbons (Fsp3) is 0.900. The van der Waals surface area contributed by atoms with Crippen molar-refractivity contribution in [2.75, 3.05) is 32.8 Å². The van der Waals surface area contributed by atoms with E-state index in [0.717, 1.165) is 38.9 Å². The van der Waals surface area contributed by atoms with Crippen molar-refractivity contribution >= 4 is 17.2 Å². The van der Waals surface area contributed by atoms with Gasteiger partial charge in [0.1, 0.15) is 11.1 Å². The number of unbranched alkanes of at least 4 members (excludes halogenated alkanes) is 2. The van der Waals surface area contributed by atoms with Crippen molar-refractivity contribution in [1.82, 2.24) is 4.90 Å². The summed E-state index contributed by atoms with van der Waals surface area (Å²) in [6.45, 7) is 3.82. The second kappa shape index (κ2) is 7.11. The van der Waals surface area contributed by atoms with Crippen LogP contribution in [0.1, 0.15) is 19.3 Å². The summed E-state index contributed by atoms with van der Waals surface area (Å²) in [6, 6.07) is 0. The van der Waals surface area contributed by atoms with Gasteiger partial charge in [-0.3, -0.25) is 4.90 Å². The molecule has 0 bridgehead atoms. The van der Waals surface area contributed by atoms with Crippen molar-refractivity contribution in [3.05, 3.63) is 0 Å². The molecule has 1 aliphatic rings. The number of nitrogens with zero attached hydrogens (tertiary/aromatic N) is 1. The van der Waals surface area contributed by atoms with Gasteiger partial charge in [0.05, 0.1) is 6.61 Å². The van der Waals surface area contributed by atoms with Crippen LogP contribution in [-0.2, 0) is 4.74 Å². The zero-order valence-corrected chi connectivity index (χ0v) is 9.84. The molecule has 5 heteroatoms. The Morgan fingerprint density at radius 2 is 2.27 bits per heavy atom. The number of rotatable bonds is 6. The molecule has 4 nitrogen and oxygen atoms in total. The minimum atomic E-state index is -0.0772. The first-order valence-electron chi connectivity index (χ1n) is 5.48. The van der Waals surface area contributed by atoms with Crippen molar-refractivity contribution in [3.8, 4) is 0 Å². The van der Waals surface area contributed by atoms with Crippen LogP contribution in [0.2, 0.25) is 0 Å². The van der Waals surface area contributed by atoms with Gasteiger partial charge >= 0.3 is 0 Å². The van der Waals surface area contributed by atoms with E-state index in [0.29, 0.717) is 18.2 Å². The Bertz CT molecular complexity index is 202. The molecule has 15 heavy (non-hydrogen) atoms. The molecule has 0 aromatic rings. The normalized spacial score (nSPS) is 22.9. The first-order valence-corrected chi connectivity index (χ1v) is 5.89. The van der Waals surface area contributed by atoms with Crippen LogP contribution in [-0.4, -0.2) is 53.9 Å². The Balaban J connectivity index is 2.15. The van der Waals surface area contributed by atoms with Crippen LogP contribution in [0.15, 0.2) is 0 Å². The molecular formula is C10H20N2O2S. The predicted molar refractivity (Wildman–Crippen MR) is 63.9 cm³/mol. The third-order valence-corrected chi connectivity index (χ3v) is 2.86. The minimum Gasteiger partial charge on any atom is -0.396 e. The van der Waals surface area contributed by atoms with Gasteiger partial charge in [0, 0.05) is 19.7 Å². The average molecular weight is 232 g/mol. The molecule has 3 N–H and O–H groups in total. The summed E-state index contributed by atoms with van der Waals surface area (Å²) in [5.41, 5.74) is 5.55. The Hall–Kier alpha value is -0.230. The quantitative estimate of drug-likeness (QED) is 0.504. The standard InChI is InChI=1S/C10H20N2O2S/c11-10(15)9-8-12(5-7-14-9)4-2-1-3-6-13/h9,13H,1-8H2,(H2,11,15). The highest BCUT2D eigenvalue weighted by Crippen LogP contribution is 2.07. The van der Waals surface area contributed by atoms with Gasteiger partial charge < -0.3 is 15.6 Å². The maximum atomic E-state index is 8.65. The zero-order valence-electron chi connectivity index (χ0n) is 9.02. The van der Waals surface area contributed by atoms with Crippen molar-refractivity contribution < 1.29 is 9.84 Å². The van der Waals surface area contributed by atoms with Crippen LogP contribution < -0.4 is 5.73 Å². The SMILES string of the molecule is NC(=S)C1CN(CCCCCO)CCO1. The molecular weight excluding hydrogens is 212 g/mol. The van der Waals surface area contributed by atoms with E-state index in [1.165, 1.54) is 0 Å². The first-order chi connectivity index (χ1) is 7.24. The molecule has 1 rings (SSSR count). The summed E-state index contributed by atoms with van der Waals surface area (Å²) in [5.74, 6) is 0. The number of hydrogen-bond acceptors (Lipinski definition) is 4. The van der Waals surface area contributed by atoms with Crippen LogP contribution in [0, 0.1) is 0 Å². The molecule has 0 radical (unpaired) electrons. The lowest BCUT2D eigenvalue weighted by Gasteiger charge is -2.32. The molecule has 1 unspecified atom stereocenters. The van der Waals surface area contributed by atoms with Crippen LogP contribution in [0.25, 0.3) is 0 Å². The van der Waals surface area contributed by atoms with E-state index in [4.69, 9.17) is 27.8 Å². The van der Waals surface area contributed by atoms with E-state index in [2.05, 4.69) is 4.90 Å². The van der Waals surface area contributed by atoms with Crippen LogP contribution in [0.5, 0.6) is 0 Å². The number of thiocarbonyl (C=S) groups is 1. The minimum absolute atomic E-state index is 0.0772. The lowest BCUT2D eigenvalue weighted by molar-refractivity contribution is 0.00659. The zero-order chi connectivity index (χ0) is 11.1. The maximum Gasteiger partial charge on any atom is 0.120 e. The van der Waals surface area contributed by atoms with Crippen LogP contribution in [0.4, 0.5) is 0 Å². The Kier molecular flexibility index (Phi) is 6.09. The highest BCUT2D eigenvalue weighted by molar-refractivity contribution is 7.80. The van der Waals surface area contributed by atoms with E-state index < -0.39 is 0 Å². The average Bonchev–Trinajstić information content (AvgIpc) is 2.25. The molecule has 0 aliphatic carbocycles. The monoisotopic (exact) mass is 232 g/mol. The molecule has 0 aromatic carbocycles. The van der Waals surface area contributed by atoms with E-state index in [1.807, 2.05) is 0 Å². The molecule has 1 atom stereocenters. The van der Waals surface area contributed by atoms with Gasteiger partial charge in [-0.05, 0) is 25.8 Å².